The van der Waals surface area contributed by atoms with Gasteiger partial charge in [0.15, 0.2) is 4.34 Å². The minimum atomic E-state index is -0.501. The molecule has 36 heavy (non-hydrogen) atoms. The van der Waals surface area contributed by atoms with Gasteiger partial charge in [0.25, 0.3) is 5.69 Å². The predicted octanol–water partition coefficient (Wildman–Crippen LogP) is 6.37. The predicted molar refractivity (Wildman–Crippen MR) is 145 cm³/mol. The van der Waals surface area contributed by atoms with Gasteiger partial charge in [0.05, 0.1) is 20.4 Å². The van der Waals surface area contributed by atoms with E-state index in [9.17, 15) is 19.7 Å². The van der Waals surface area contributed by atoms with Crippen LogP contribution in [0.4, 0.5) is 17.1 Å². The van der Waals surface area contributed by atoms with Crippen LogP contribution in [0.15, 0.2) is 83.2 Å². The number of hydrogen-bond donors (Lipinski definition) is 2. The molecule has 0 aliphatic carbocycles. The third kappa shape index (κ3) is 6.55. The second-order valence-electron chi connectivity index (χ2n) is 7.71. The van der Waals surface area contributed by atoms with Gasteiger partial charge in [0.2, 0.25) is 11.8 Å². The molecule has 1 heterocycles. The second-order valence-corrected chi connectivity index (χ2v) is 10.2. The van der Waals surface area contributed by atoms with Crippen LogP contribution < -0.4 is 10.6 Å². The number of nitrogens with one attached hydrogen (secondary N) is 2. The van der Waals surface area contributed by atoms with E-state index < -0.39 is 10.2 Å². The summed E-state index contributed by atoms with van der Waals surface area (Å²) in [6.07, 6.45) is 3.79. The van der Waals surface area contributed by atoms with Crippen molar-refractivity contribution in [2.45, 2.75) is 22.9 Å². The molecule has 0 saturated carbocycles. The molecular weight excluding hydrogens is 496 g/mol. The molecule has 2 N–H and O–H groups in total. The van der Waals surface area contributed by atoms with Crippen LogP contribution in [0.25, 0.3) is 16.3 Å². The van der Waals surface area contributed by atoms with Crippen molar-refractivity contribution in [2.24, 2.45) is 0 Å². The first kappa shape index (κ1) is 25.1. The summed E-state index contributed by atoms with van der Waals surface area (Å²) < 4.78 is 1.61. The number of fused-ring (bicyclic) bond motifs is 1. The maximum absolute atomic E-state index is 12.8. The van der Waals surface area contributed by atoms with E-state index in [1.807, 2.05) is 49.4 Å². The fourth-order valence-corrected chi connectivity index (χ4v) is 5.59. The Morgan fingerprint density at radius 3 is 2.58 bits per heavy atom. The quantitative estimate of drug-likeness (QED) is 0.115. The molecular formula is C26H22N4O4S2. The van der Waals surface area contributed by atoms with E-state index in [2.05, 4.69) is 15.6 Å². The first-order valence-electron chi connectivity index (χ1n) is 11.1. The SMILES string of the molecule is CCC(Sc1nc2ccc(NC(=O)/C=C/c3ccccc3)cc2s1)C(=O)Nc1cccc([N+](=O)[O-])c1. The zero-order valence-corrected chi connectivity index (χ0v) is 20.8. The van der Waals surface area contributed by atoms with Gasteiger partial charge >= 0.3 is 0 Å². The lowest BCUT2D eigenvalue weighted by Crippen LogP contribution is -2.24. The third-order valence-electron chi connectivity index (χ3n) is 5.09. The molecule has 3 aromatic carbocycles. The Labute approximate surface area is 215 Å². The smallest absolute Gasteiger partial charge is 0.271 e. The summed E-state index contributed by atoms with van der Waals surface area (Å²) in [6, 6.07) is 20.9. The lowest BCUT2D eigenvalue weighted by Gasteiger charge is -2.13. The van der Waals surface area contributed by atoms with E-state index in [-0.39, 0.29) is 17.5 Å². The van der Waals surface area contributed by atoms with Crippen LogP contribution in [0, 0.1) is 10.1 Å². The second kappa shape index (κ2) is 11.6. The van der Waals surface area contributed by atoms with E-state index in [1.54, 1.807) is 18.2 Å². The molecule has 0 aliphatic rings. The van der Waals surface area contributed by atoms with Crippen molar-refractivity contribution in [3.8, 4) is 0 Å². The molecule has 1 atom stereocenters. The van der Waals surface area contributed by atoms with Gasteiger partial charge in [0.1, 0.15) is 0 Å². The zero-order valence-electron chi connectivity index (χ0n) is 19.2. The van der Waals surface area contributed by atoms with Gasteiger partial charge in [-0.1, -0.05) is 55.1 Å². The molecule has 4 rings (SSSR count). The lowest BCUT2D eigenvalue weighted by atomic mass is 10.2. The van der Waals surface area contributed by atoms with Crippen LogP contribution in [-0.4, -0.2) is 27.0 Å². The molecule has 0 saturated heterocycles. The molecule has 0 fully saturated rings. The highest BCUT2D eigenvalue weighted by atomic mass is 32.2. The van der Waals surface area contributed by atoms with E-state index in [0.29, 0.717) is 17.8 Å². The van der Waals surface area contributed by atoms with Gasteiger partial charge < -0.3 is 10.6 Å². The summed E-state index contributed by atoms with van der Waals surface area (Å²) in [5.74, 6) is -0.485. The van der Waals surface area contributed by atoms with Crippen molar-refractivity contribution in [3.05, 3.63) is 94.6 Å². The van der Waals surface area contributed by atoms with Gasteiger partial charge in [-0.3, -0.25) is 19.7 Å². The zero-order chi connectivity index (χ0) is 25.5. The molecule has 0 radical (unpaired) electrons. The largest absolute Gasteiger partial charge is 0.325 e. The van der Waals surface area contributed by atoms with Crippen molar-refractivity contribution in [3.63, 3.8) is 0 Å². The Kier molecular flexibility index (Phi) is 8.09. The van der Waals surface area contributed by atoms with E-state index in [0.717, 1.165) is 20.1 Å². The van der Waals surface area contributed by atoms with Crippen molar-refractivity contribution in [1.82, 2.24) is 4.98 Å². The molecule has 0 aliphatic heterocycles. The van der Waals surface area contributed by atoms with E-state index >= 15 is 0 Å². The number of rotatable bonds is 9. The van der Waals surface area contributed by atoms with Crippen molar-refractivity contribution in [2.75, 3.05) is 10.6 Å². The first-order valence-corrected chi connectivity index (χ1v) is 12.8. The van der Waals surface area contributed by atoms with Gasteiger partial charge in [0, 0.05) is 29.6 Å². The van der Waals surface area contributed by atoms with E-state index in [4.69, 9.17) is 0 Å². The van der Waals surface area contributed by atoms with Gasteiger partial charge in [-0.2, -0.15) is 0 Å². The fraction of sp³-hybridized carbons (Fsp3) is 0.115. The van der Waals surface area contributed by atoms with Gasteiger partial charge in [-0.15, -0.1) is 11.3 Å². The number of thioether (sulfide) groups is 1. The molecule has 2 amide bonds. The standard InChI is InChI=1S/C26H22N4O4S2/c1-2-22(25(32)28-18-9-6-10-20(15-18)30(33)34)35-26-29-21-13-12-19(16-23(21)36-26)27-24(31)14-11-17-7-4-3-5-8-17/h3-16,22H,2H2,1H3,(H,27,31)(H,28,32)/b14-11+. The number of anilines is 2. The summed E-state index contributed by atoms with van der Waals surface area (Å²) >= 11 is 2.78. The average Bonchev–Trinajstić information content (AvgIpc) is 3.28. The summed E-state index contributed by atoms with van der Waals surface area (Å²) in [5.41, 5.74) is 2.65. The number of benzene rings is 3. The summed E-state index contributed by atoms with van der Waals surface area (Å²) in [7, 11) is 0. The number of carbonyl (C=O) groups is 2. The molecule has 10 heteroatoms. The summed E-state index contributed by atoms with van der Waals surface area (Å²) in [5, 5.41) is 16.2. The monoisotopic (exact) mass is 518 g/mol. The molecule has 182 valence electrons. The number of amides is 2. The van der Waals surface area contributed by atoms with Gasteiger partial charge in [-0.25, -0.2) is 4.98 Å². The number of thiazole rings is 1. The van der Waals surface area contributed by atoms with Crippen LogP contribution in [0.2, 0.25) is 0 Å². The molecule has 1 unspecified atom stereocenters. The first-order chi connectivity index (χ1) is 17.4. The third-order valence-corrected chi connectivity index (χ3v) is 7.57. The van der Waals surface area contributed by atoms with Crippen LogP contribution in [-0.2, 0) is 9.59 Å². The Hall–Kier alpha value is -4.02. The molecule has 8 nitrogen and oxygen atoms in total. The number of nitro benzene ring substituents is 1. The van der Waals surface area contributed by atoms with Crippen LogP contribution >= 0.6 is 23.1 Å². The summed E-state index contributed by atoms with van der Waals surface area (Å²) in [4.78, 5) is 40.2. The maximum Gasteiger partial charge on any atom is 0.271 e. The fourth-order valence-electron chi connectivity index (χ4n) is 3.32. The van der Waals surface area contributed by atoms with Crippen LogP contribution in [0.3, 0.4) is 0 Å². The molecule has 0 bridgehead atoms. The Morgan fingerprint density at radius 2 is 1.83 bits per heavy atom. The number of aromatic nitrogens is 1. The molecule has 0 spiro atoms. The summed E-state index contributed by atoms with van der Waals surface area (Å²) in [6.45, 7) is 1.90. The number of carbonyl (C=O) groups excluding carboxylic acids is 2. The highest BCUT2D eigenvalue weighted by molar-refractivity contribution is 8.02. The number of hydrogen-bond acceptors (Lipinski definition) is 7. The highest BCUT2D eigenvalue weighted by Crippen LogP contribution is 2.35. The lowest BCUT2D eigenvalue weighted by molar-refractivity contribution is -0.384. The average molecular weight is 519 g/mol. The van der Waals surface area contributed by atoms with Crippen molar-refractivity contribution < 1.29 is 14.5 Å². The van der Waals surface area contributed by atoms with Crippen LogP contribution in [0.5, 0.6) is 0 Å². The van der Waals surface area contributed by atoms with Crippen molar-refractivity contribution in [1.29, 1.82) is 0 Å². The minimum absolute atomic E-state index is 0.0851. The van der Waals surface area contributed by atoms with Crippen LogP contribution in [0.1, 0.15) is 18.9 Å². The topological polar surface area (TPSA) is 114 Å². The number of nitro groups is 1. The maximum atomic E-state index is 12.8. The normalized spacial score (nSPS) is 11.9. The Morgan fingerprint density at radius 1 is 1.06 bits per heavy atom. The Bertz CT molecular complexity index is 1440. The Balaban J connectivity index is 1.41. The molecule has 4 aromatic rings. The number of non-ortho nitro benzene ring substituents is 1. The minimum Gasteiger partial charge on any atom is -0.325 e. The molecule has 1 aromatic heterocycles. The number of nitrogens with zero attached hydrogens (tertiary/aromatic N) is 2. The van der Waals surface area contributed by atoms with Gasteiger partial charge in [-0.05, 0) is 42.3 Å². The van der Waals surface area contributed by atoms with E-state index in [1.165, 1.54) is 47.4 Å². The highest BCUT2D eigenvalue weighted by Gasteiger charge is 2.21. The van der Waals surface area contributed by atoms with Crippen molar-refractivity contribution >= 4 is 68.3 Å².